The molecule has 2 nitrogen and oxygen atoms in total. The fourth-order valence-electron chi connectivity index (χ4n) is 2.35. The molecule has 0 spiro atoms. The van der Waals surface area contributed by atoms with Crippen LogP contribution in [0.5, 0.6) is 0 Å². The Kier molecular flexibility index (Phi) is 2.68. The molecule has 0 amide bonds. The standard InChI is InChI=1S/C11H20N2/c1-9(2)13-11(8-12)7-5-6-10(11,3)4/h9,13H,5-7H2,1-4H3. The van der Waals surface area contributed by atoms with Crippen LogP contribution < -0.4 is 5.32 Å². The van der Waals surface area contributed by atoms with E-state index in [4.69, 9.17) is 0 Å². The van der Waals surface area contributed by atoms with Crippen LogP contribution in [0.4, 0.5) is 0 Å². The van der Waals surface area contributed by atoms with Crippen molar-refractivity contribution in [2.75, 3.05) is 0 Å². The van der Waals surface area contributed by atoms with Crippen LogP contribution in [-0.4, -0.2) is 11.6 Å². The predicted octanol–water partition coefficient (Wildman–Crippen LogP) is 2.46. The van der Waals surface area contributed by atoms with E-state index in [1.807, 2.05) is 0 Å². The van der Waals surface area contributed by atoms with Crippen molar-refractivity contribution in [3.63, 3.8) is 0 Å². The molecule has 1 aliphatic rings. The van der Waals surface area contributed by atoms with Gasteiger partial charge in [-0.2, -0.15) is 5.26 Å². The molecular weight excluding hydrogens is 160 g/mol. The van der Waals surface area contributed by atoms with Gasteiger partial charge in [0, 0.05) is 6.04 Å². The molecule has 1 atom stereocenters. The summed E-state index contributed by atoms with van der Waals surface area (Å²) in [5.74, 6) is 0. The first kappa shape index (κ1) is 10.5. The monoisotopic (exact) mass is 180 g/mol. The molecule has 1 rings (SSSR count). The van der Waals surface area contributed by atoms with Gasteiger partial charge in [-0.1, -0.05) is 13.8 Å². The molecule has 2 heteroatoms. The first-order valence-electron chi connectivity index (χ1n) is 5.12. The molecule has 0 radical (unpaired) electrons. The Labute approximate surface area is 81.3 Å². The number of nitriles is 1. The van der Waals surface area contributed by atoms with Gasteiger partial charge in [0.05, 0.1) is 6.07 Å². The minimum Gasteiger partial charge on any atom is -0.297 e. The zero-order valence-electron chi connectivity index (χ0n) is 9.15. The van der Waals surface area contributed by atoms with E-state index in [-0.39, 0.29) is 11.0 Å². The van der Waals surface area contributed by atoms with Gasteiger partial charge < -0.3 is 0 Å². The lowest BCUT2D eigenvalue weighted by Crippen LogP contribution is -2.54. The molecule has 0 aromatic heterocycles. The van der Waals surface area contributed by atoms with Crippen LogP contribution in [0, 0.1) is 16.7 Å². The van der Waals surface area contributed by atoms with Gasteiger partial charge in [-0.05, 0) is 38.5 Å². The highest BCUT2D eigenvalue weighted by Crippen LogP contribution is 2.45. The Bertz CT molecular complexity index is 225. The van der Waals surface area contributed by atoms with E-state index in [9.17, 15) is 5.26 Å². The summed E-state index contributed by atoms with van der Waals surface area (Å²) < 4.78 is 0. The average Bonchev–Trinajstić information content (AvgIpc) is 2.27. The second-order valence-corrected chi connectivity index (χ2v) is 5.05. The van der Waals surface area contributed by atoms with Crippen molar-refractivity contribution >= 4 is 0 Å². The lowest BCUT2D eigenvalue weighted by atomic mass is 9.75. The molecule has 1 unspecified atom stereocenters. The lowest BCUT2D eigenvalue weighted by molar-refractivity contribution is 0.202. The van der Waals surface area contributed by atoms with Gasteiger partial charge in [-0.25, -0.2) is 0 Å². The van der Waals surface area contributed by atoms with E-state index in [1.165, 1.54) is 6.42 Å². The SMILES string of the molecule is CC(C)NC1(C#N)CCCC1(C)C. The molecule has 74 valence electrons. The van der Waals surface area contributed by atoms with Crippen molar-refractivity contribution in [3.8, 4) is 6.07 Å². The van der Waals surface area contributed by atoms with Crippen molar-refractivity contribution in [1.82, 2.24) is 5.32 Å². The lowest BCUT2D eigenvalue weighted by Gasteiger charge is -2.37. The summed E-state index contributed by atoms with van der Waals surface area (Å²) in [6.45, 7) is 8.60. The molecule has 0 aromatic rings. The third-order valence-corrected chi connectivity index (χ3v) is 3.23. The summed E-state index contributed by atoms with van der Waals surface area (Å²) >= 11 is 0. The van der Waals surface area contributed by atoms with Crippen molar-refractivity contribution in [1.29, 1.82) is 5.26 Å². The molecule has 1 aliphatic carbocycles. The van der Waals surface area contributed by atoms with Crippen LogP contribution in [0.25, 0.3) is 0 Å². The fraction of sp³-hybridized carbons (Fsp3) is 0.909. The molecule has 0 heterocycles. The Hall–Kier alpha value is -0.550. The third-order valence-electron chi connectivity index (χ3n) is 3.23. The number of hydrogen-bond donors (Lipinski definition) is 1. The van der Waals surface area contributed by atoms with Gasteiger partial charge in [0.15, 0.2) is 0 Å². The topological polar surface area (TPSA) is 35.8 Å². The molecule has 0 bridgehead atoms. The van der Waals surface area contributed by atoms with E-state index < -0.39 is 0 Å². The van der Waals surface area contributed by atoms with Gasteiger partial charge >= 0.3 is 0 Å². The second kappa shape index (κ2) is 3.31. The zero-order valence-corrected chi connectivity index (χ0v) is 9.15. The minimum atomic E-state index is -0.291. The van der Waals surface area contributed by atoms with Gasteiger partial charge in [-0.15, -0.1) is 0 Å². The normalized spacial score (nSPS) is 32.0. The van der Waals surface area contributed by atoms with Gasteiger partial charge in [0.2, 0.25) is 0 Å². The summed E-state index contributed by atoms with van der Waals surface area (Å²) in [5, 5.41) is 12.7. The maximum absolute atomic E-state index is 9.29. The Morgan fingerprint density at radius 1 is 1.31 bits per heavy atom. The van der Waals surface area contributed by atoms with E-state index in [0.29, 0.717) is 6.04 Å². The van der Waals surface area contributed by atoms with E-state index >= 15 is 0 Å². The van der Waals surface area contributed by atoms with Gasteiger partial charge in [-0.3, -0.25) is 5.32 Å². The number of hydrogen-bond acceptors (Lipinski definition) is 2. The van der Waals surface area contributed by atoms with Crippen molar-refractivity contribution < 1.29 is 0 Å². The summed E-state index contributed by atoms with van der Waals surface area (Å²) in [4.78, 5) is 0. The Balaban J connectivity index is 2.87. The molecule has 1 N–H and O–H groups in total. The molecule has 0 aliphatic heterocycles. The maximum Gasteiger partial charge on any atom is 0.112 e. The minimum absolute atomic E-state index is 0.117. The van der Waals surface area contributed by atoms with Crippen LogP contribution in [0.15, 0.2) is 0 Å². The maximum atomic E-state index is 9.29. The molecule has 0 saturated heterocycles. The molecule has 0 aromatic carbocycles. The molecule has 1 saturated carbocycles. The number of rotatable bonds is 2. The van der Waals surface area contributed by atoms with E-state index in [0.717, 1.165) is 12.8 Å². The van der Waals surface area contributed by atoms with Crippen molar-refractivity contribution in [2.45, 2.75) is 58.5 Å². The molecule has 1 fully saturated rings. The first-order chi connectivity index (χ1) is 5.93. The average molecular weight is 180 g/mol. The highest BCUT2D eigenvalue weighted by atomic mass is 15.0. The highest BCUT2D eigenvalue weighted by Gasteiger charge is 2.49. The van der Waals surface area contributed by atoms with Gasteiger partial charge in [0.1, 0.15) is 5.54 Å². The molecule has 13 heavy (non-hydrogen) atoms. The summed E-state index contributed by atoms with van der Waals surface area (Å²) in [6.07, 6.45) is 3.31. The first-order valence-corrected chi connectivity index (χ1v) is 5.12. The van der Waals surface area contributed by atoms with Crippen molar-refractivity contribution in [2.24, 2.45) is 5.41 Å². The van der Waals surface area contributed by atoms with E-state index in [2.05, 4.69) is 39.1 Å². The quantitative estimate of drug-likeness (QED) is 0.708. The van der Waals surface area contributed by atoms with Crippen LogP contribution >= 0.6 is 0 Å². The zero-order chi connectivity index (χ0) is 10.1. The van der Waals surface area contributed by atoms with E-state index in [1.54, 1.807) is 0 Å². The summed E-state index contributed by atoms with van der Waals surface area (Å²) in [7, 11) is 0. The predicted molar refractivity (Wildman–Crippen MR) is 54.2 cm³/mol. The number of nitrogens with one attached hydrogen (secondary N) is 1. The fourth-order valence-corrected chi connectivity index (χ4v) is 2.35. The van der Waals surface area contributed by atoms with Crippen LogP contribution in [-0.2, 0) is 0 Å². The smallest absolute Gasteiger partial charge is 0.112 e. The third kappa shape index (κ3) is 1.71. The summed E-state index contributed by atoms with van der Waals surface area (Å²) in [5.41, 5.74) is -0.173. The van der Waals surface area contributed by atoms with Crippen LogP contribution in [0.3, 0.4) is 0 Å². The number of nitrogens with zero attached hydrogens (tertiary/aromatic N) is 1. The summed E-state index contributed by atoms with van der Waals surface area (Å²) in [6, 6.07) is 2.87. The largest absolute Gasteiger partial charge is 0.297 e. The van der Waals surface area contributed by atoms with Crippen LogP contribution in [0.2, 0.25) is 0 Å². The van der Waals surface area contributed by atoms with Crippen molar-refractivity contribution in [3.05, 3.63) is 0 Å². The molecular formula is C11H20N2. The van der Waals surface area contributed by atoms with Crippen LogP contribution in [0.1, 0.15) is 47.0 Å². The Morgan fingerprint density at radius 3 is 2.23 bits per heavy atom. The second-order valence-electron chi connectivity index (χ2n) is 5.05. The van der Waals surface area contributed by atoms with Gasteiger partial charge in [0.25, 0.3) is 0 Å². The Morgan fingerprint density at radius 2 is 1.92 bits per heavy atom. The highest BCUT2D eigenvalue weighted by molar-refractivity contribution is 5.18.